The number of sulfonamides is 1. The highest BCUT2D eigenvalue weighted by Crippen LogP contribution is 2.17. The molecule has 0 spiro atoms. The molecule has 1 aromatic rings. The van der Waals surface area contributed by atoms with Crippen LogP contribution in [0.25, 0.3) is 0 Å². The van der Waals surface area contributed by atoms with E-state index in [9.17, 15) is 13.2 Å². The Labute approximate surface area is 138 Å². The Morgan fingerprint density at radius 1 is 1.04 bits per heavy atom. The van der Waals surface area contributed by atoms with Gasteiger partial charge in [-0.3, -0.25) is 0 Å². The average molecular weight is 339 g/mol. The van der Waals surface area contributed by atoms with Gasteiger partial charge in [0.15, 0.2) is 0 Å². The molecule has 7 heteroatoms. The van der Waals surface area contributed by atoms with E-state index in [1.165, 1.54) is 6.42 Å². The van der Waals surface area contributed by atoms with Gasteiger partial charge < -0.3 is 10.6 Å². The van der Waals surface area contributed by atoms with E-state index in [1.54, 1.807) is 12.1 Å². The highest BCUT2D eigenvalue weighted by Gasteiger charge is 2.15. The predicted molar refractivity (Wildman–Crippen MR) is 90.5 cm³/mol. The second kappa shape index (κ2) is 8.88. The van der Waals surface area contributed by atoms with E-state index < -0.39 is 10.0 Å². The first kappa shape index (κ1) is 17.7. The number of hydrogen-bond donors (Lipinski definition) is 3. The summed E-state index contributed by atoms with van der Waals surface area (Å²) >= 11 is 0. The molecule has 23 heavy (non-hydrogen) atoms. The van der Waals surface area contributed by atoms with Crippen molar-refractivity contribution >= 4 is 16.1 Å². The van der Waals surface area contributed by atoms with Crippen LogP contribution in [0.1, 0.15) is 37.7 Å². The number of carbonyl (C=O) groups excluding carboxylic acids is 1. The van der Waals surface area contributed by atoms with Crippen molar-refractivity contribution < 1.29 is 13.2 Å². The Morgan fingerprint density at radius 3 is 2.43 bits per heavy atom. The lowest BCUT2D eigenvalue weighted by atomic mass is 9.96. The largest absolute Gasteiger partial charge is 0.337 e. The number of rotatable bonds is 7. The van der Waals surface area contributed by atoms with Crippen LogP contribution in [-0.2, 0) is 15.8 Å². The van der Waals surface area contributed by atoms with Crippen LogP contribution in [0.15, 0.2) is 30.3 Å². The van der Waals surface area contributed by atoms with Crippen molar-refractivity contribution in [1.82, 2.24) is 15.4 Å². The molecule has 1 aromatic carbocycles. The molecule has 1 aliphatic rings. The summed E-state index contributed by atoms with van der Waals surface area (Å²) in [6.07, 6.45) is 5.60. The van der Waals surface area contributed by atoms with E-state index in [0.29, 0.717) is 0 Å². The summed E-state index contributed by atoms with van der Waals surface area (Å²) in [6, 6.07) is 9.03. The molecule has 0 unspecified atom stereocenters. The maximum Gasteiger partial charge on any atom is 0.315 e. The summed E-state index contributed by atoms with van der Waals surface area (Å²) in [7, 11) is -3.38. The Balaban J connectivity index is 1.63. The number of urea groups is 1. The number of hydrogen-bond acceptors (Lipinski definition) is 3. The Bertz CT molecular complexity index is 584. The van der Waals surface area contributed by atoms with E-state index in [2.05, 4.69) is 15.4 Å². The minimum Gasteiger partial charge on any atom is -0.337 e. The van der Waals surface area contributed by atoms with Crippen LogP contribution >= 0.6 is 0 Å². The highest BCUT2D eigenvalue weighted by atomic mass is 32.2. The van der Waals surface area contributed by atoms with E-state index in [1.807, 2.05) is 18.2 Å². The second-order valence-corrected chi connectivity index (χ2v) is 7.68. The second-order valence-electron chi connectivity index (χ2n) is 5.87. The maximum absolute atomic E-state index is 11.9. The summed E-state index contributed by atoms with van der Waals surface area (Å²) in [6.45, 7) is 0.458. The minimum atomic E-state index is -3.38. The van der Waals surface area contributed by atoms with E-state index >= 15 is 0 Å². The van der Waals surface area contributed by atoms with E-state index in [0.717, 1.165) is 31.2 Å². The van der Waals surface area contributed by atoms with Gasteiger partial charge in [0.25, 0.3) is 0 Å². The first-order chi connectivity index (χ1) is 11.1. The van der Waals surface area contributed by atoms with Gasteiger partial charge in [-0.1, -0.05) is 49.6 Å². The fourth-order valence-corrected chi connectivity index (χ4v) is 3.86. The molecular formula is C16H25N3O3S. The molecule has 0 atom stereocenters. The Kier molecular flexibility index (Phi) is 6.85. The summed E-state index contributed by atoms with van der Waals surface area (Å²) in [5, 5.41) is 5.62. The molecule has 6 nitrogen and oxygen atoms in total. The van der Waals surface area contributed by atoms with Crippen LogP contribution in [-0.4, -0.2) is 33.6 Å². The smallest absolute Gasteiger partial charge is 0.315 e. The van der Waals surface area contributed by atoms with Gasteiger partial charge >= 0.3 is 6.03 Å². The fourth-order valence-electron chi connectivity index (χ4n) is 2.71. The lowest BCUT2D eigenvalue weighted by molar-refractivity contribution is 0.233. The SMILES string of the molecule is O=C(NCCNS(=O)(=O)Cc1ccccc1)NC1CCCCC1. The lowest BCUT2D eigenvalue weighted by Gasteiger charge is -2.22. The van der Waals surface area contributed by atoms with Crippen LogP contribution in [0.3, 0.4) is 0 Å². The zero-order valence-electron chi connectivity index (χ0n) is 13.3. The first-order valence-electron chi connectivity index (χ1n) is 8.11. The van der Waals surface area contributed by atoms with Crippen molar-refractivity contribution in [3.05, 3.63) is 35.9 Å². The van der Waals surface area contributed by atoms with Crippen molar-refractivity contribution in [1.29, 1.82) is 0 Å². The van der Waals surface area contributed by atoms with Gasteiger partial charge in [0.1, 0.15) is 0 Å². The number of carbonyl (C=O) groups is 1. The molecule has 0 aliphatic heterocycles. The first-order valence-corrected chi connectivity index (χ1v) is 9.76. The Morgan fingerprint density at radius 2 is 1.74 bits per heavy atom. The van der Waals surface area contributed by atoms with Gasteiger partial charge in [-0.05, 0) is 18.4 Å². The summed E-state index contributed by atoms with van der Waals surface area (Å²) in [5.41, 5.74) is 0.739. The monoisotopic (exact) mass is 339 g/mol. The van der Waals surface area contributed by atoms with Crippen molar-refractivity contribution in [2.24, 2.45) is 0 Å². The standard InChI is InChI=1S/C16H25N3O3S/c20-16(19-15-9-5-2-6-10-15)17-11-12-18-23(21,22)13-14-7-3-1-4-8-14/h1,3-4,7-8,15,18H,2,5-6,9-13H2,(H2,17,19,20). The number of amides is 2. The third kappa shape index (κ3) is 7.00. The highest BCUT2D eigenvalue weighted by molar-refractivity contribution is 7.88. The third-order valence-electron chi connectivity index (χ3n) is 3.87. The molecule has 2 rings (SSSR count). The lowest BCUT2D eigenvalue weighted by Crippen LogP contribution is -2.45. The van der Waals surface area contributed by atoms with Gasteiger partial charge in [-0.25, -0.2) is 17.9 Å². The van der Waals surface area contributed by atoms with Crippen LogP contribution in [0.5, 0.6) is 0 Å². The van der Waals surface area contributed by atoms with Crippen molar-refractivity contribution in [3.63, 3.8) is 0 Å². The van der Waals surface area contributed by atoms with Crippen LogP contribution in [0.2, 0.25) is 0 Å². The van der Waals surface area contributed by atoms with Crippen LogP contribution in [0, 0.1) is 0 Å². The van der Waals surface area contributed by atoms with E-state index in [-0.39, 0.29) is 30.9 Å². The van der Waals surface area contributed by atoms with Gasteiger partial charge in [0.05, 0.1) is 5.75 Å². The number of benzene rings is 1. The van der Waals surface area contributed by atoms with Crippen LogP contribution < -0.4 is 15.4 Å². The fraction of sp³-hybridized carbons (Fsp3) is 0.562. The summed E-state index contributed by atoms with van der Waals surface area (Å²) in [4.78, 5) is 11.7. The predicted octanol–water partition coefficient (Wildman–Crippen LogP) is 1.74. The average Bonchev–Trinajstić information content (AvgIpc) is 2.53. The molecule has 0 heterocycles. The molecule has 3 N–H and O–H groups in total. The zero-order valence-corrected chi connectivity index (χ0v) is 14.1. The molecule has 0 aromatic heterocycles. The van der Waals surface area contributed by atoms with Gasteiger partial charge in [-0.15, -0.1) is 0 Å². The topological polar surface area (TPSA) is 87.3 Å². The quantitative estimate of drug-likeness (QED) is 0.661. The third-order valence-corrected chi connectivity index (χ3v) is 5.23. The van der Waals surface area contributed by atoms with Gasteiger partial charge in [-0.2, -0.15) is 0 Å². The normalized spacial score (nSPS) is 16.0. The molecule has 1 saturated carbocycles. The molecule has 1 aliphatic carbocycles. The molecule has 1 fully saturated rings. The summed E-state index contributed by atoms with van der Waals surface area (Å²) < 4.78 is 26.3. The molecular weight excluding hydrogens is 314 g/mol. The Hall–Kier alpha value is -1.60. The van der Waals surface area contributed by atoms with Gasteiger partial charge in [0.2, 0.25) is 10.0 Å². The molecule has 128 valence electrons. The maximum atomic E-state index is 11.9. The van der Waals surface area contributed by atoms with Gasteiger partial charge in [0, 0.05) is 19.1 Å². The summed E-state index contributed by atoms with van der Waals surface area (Å²) in [5.74, 6) is -0.0535. The molecule has 0 bridgehead atoms. The number of nitrogens with one attached hydrogen (secondary N) is 3. The van der Waals surface area contributed by atoms with Crippen molar-refractivity contribution in [2.45, 2.75) is 43.9 Å². The van der Waals surface area contributed by atoms with Crippen molar-refractivity contribution in [2.75, 3.05) is 13.1 Å². The molecule has 2 amide bonds. The van der Waals surface area contributed by atoms with Crippen molar-refractivity contribution in [3.8, 4) is 0 Å². The van der Waals surface area contributed by atoms with E-state index in [4.69, 9.17) is 0 Å². The van der Waals surface area contributed by atoms with Crippen LogP contribution in [0.4, 0.5) is 4.79 Å². The molecule has 0 radical (unpaired) electrons. The minimum absolute atomic E-state index is 0.0535. The molecule has 0 saturated heterocycles. The zero-order chi connectivity index (χ0) is 16.5.